The summed E-state index contributed by atoms with van der Waals surface area (Å²) in [7, 11) is 0. The van der Waals surface area contributed by atoms with Crippen molar-refractivity contribution in [2.45, 2.75) is 19.8 Å². The van der Waals surface area contributed by atoms with E-state index >= 15 is 0 Å². The largest absolute Gasteiger partial charge is 0.330 e. The van der Waals surface area contributed by atoms with Crippen LogP contribution >= 0.6 is 0 Å². The van der Waals surface area contributed by atoms with Gasteiger partial charge in [0, 0.05) is 28.9 Å². The molecule has 3 heterocycles. The summed E-state index contributed by atoms with van der Waals surface area (Å²) in [6.07, 6.45) is 3.21. The second-order valence-electron chi connectivity index (χ2n) is 6.84. The molecule has 0 amide bonds. The Labute approximate surface area is 155 Å². The number of pyridine rings is 3. The quantitative estimate of drug-likeness (QED) is 0.489. The van der Waals surface area contributed by atoms with Crippen LogP contribution in [0.3, 0.4) is 0 Å². The fourth-order valence-corrected chi connectivity index (χ4v) is 3.51. The summed E-state index contributed by atoms with van der Waals surface area (Å²) in [5, 5.41) is 1.88. The molecule has 0 fully saturated rings. The highest BCUT2D eigenvalue weighted by Crippen LogP contribution is 2.30. The van der Waals surface area contributed by atoms with Gasteiger partial charge in [0.15, 0.2) is 0 Å². The third kappa shape index (κ3) is 2.74. The first kappa shape index (κ1) is 17.2. The summed E-state index contributed by atoms with van der Waals surface area (Å²) in [5.74, 6) is 0.244. The number of nitrogens with one attached hydrogen (secondary N) is 2. The van der Waals surface area contributed by atoms with E-state index in [0.29, 0.717) is 39.5 Å². The number of hydrogen-bond donors (Lipinski definition) is 3. The van der Waals surface area contributed by atoms with Crippen LogP contribution in [0.1, 0.15) is 24.1 Å². The van der Waals surface area contributed by atoms with Crippen molar-refractivity contribution in [1.82, 2.24) is 15.0 Å². The van der Waals surface area contributed by atoms with Gasteiger partial charge in [0.1, 0.15) is 0 Å². The highest BCUT2D eigenvalue weighted by Gasteiger charge is 2.16. The maximum absolute atomic E-state index is 12.9. The van der Waals surface area contributed by atoms with Crippen LogP contribution in [0.2, 0.25) is 0 Å². The van der Waals surface area contributed by atoms with E-state index in [4.69, 9.17) is 5.73 Å². The molecule has 0 aliphatic rings. The van der Waals surface area contributed by atoms with Crippen molar-refractivity contribution in [3.05, 3.63) is 74.7 Å². The molecule has 3 aromatic heterocycles. The molecule has 6 heteroatoms. The molecule has 1 atom stereocenters. The Balaban J connectivity index is 2.10. The third-order valence-electron chi connectivity index (χ3n) is 5.10. The molecule has 0 saturated carbocycles. The molecular weight excluding hydrogens is 340 g/mol. The summed E-state index contributed by atoms with van der Waals surface area (Å²) < 4.78 is 0. The molecule has 0 aliphatic heterocycles. The normalized spacial score (nSPS) is 12.6. The molecule has 0 saturated heterocycles. The molecule has 4 aromatic rings. The first-order valence-electron chi connectivity index (χ1n) is 8.84. The molecule has 4 N–H and O–H groups in total. The number of benzene rings is 1. The molecule has 0 spiro atoms. The van der Waals surface area contributed by atoms with Gasteiger partial charge in [-0.1, -0.05) is 31.2 Å². The van der Waals surface area contributed by atoms with Gasteiger partial charge in [0.05, 0.1) is 16.5 Å². The number of fused-ring (bicyclic) bond motifs is 3. The first-order chi connectivity index (χ1) is 13.0. The summed E-state index contributed by atoms with van der Waals surface area (Å²) in [6, 6.07) is 9.50. The lowest BCUT2D eigenvalue weighted by Gasteiger charge is -2.13. The van der Waals surface area contributed by atoms with Gasteiger partial charge in [0.25, 0.3) is 11.1 Å². The number of nitrogens with zero attached hydrogens (tertiary/aromatic N) is 1. The summed E-state index contributed by atoms with van der Waals surface area (Å²) in [4.78, 5) is 35.2. The van der Waals surface area contributed by atoms with E-state index in [1.807, 2.05) is 24.3 Å². The maximum atomic E-state index is 12.9. The van der Waals surface area contributed by atoms with Crippen molar-refractivity contribution >= 4 is 21.7 Å². The number of hydrogen-bond acceptors (Lipinski definition) is 4. The lowest BCUT2D eigenvalue weighted by atomic mass is 9.95. The Bertz CT molecular complexity index is 1270. The predicted molar refractivity (Wildman–Crippen MR) is 108 cm³/mol. The van der Waals surface area contributed by atoms with Crippen molar-refractivity contribution in [2.75, 3.05) is 6.54 Å². The second-order valence-corrected chi connectivity index (χ2v) is 6.84. The Hall–Kier alpha value is -3.25. The Morgan fingerprint density at radius 3 is 2.48 bits per heavy atom. The monoisotopic (exact) mass is 360 g/mol. The topological polar surface area (TPSA) is 105 Å². The summed E-state index contributed by atoms with van der Waals surface area (Å²) in [5.41, 5.74) is 9.02. The number of rotatable bonds is 3. The average molecular weight is 360 g/mol. The van der Waals surface area contributed by atoms with Crippen molar-refractivity contribution in [2.24, 2.45) is 5.73 Å². The van der Waals surface area contributed by atoms with Gasteiger partial charge in [-0.05, 0) is 36.6 Å². The molecule has 1 unspecified atom stereocenters. The molecule has 1 aromatic carbocycles. The number of aromatic amines is 2. The fourth-order valence-electron chi connectivity index (χ4n) is 3.51. The van der Waals surface area contributed by atoms with Crippen LogP contribution in [-0.4, -0.2) is 21.5 Å². The second kappa shape index (κ2) is 6.48. The van der Waals surface area contributed by atoms with E-state index in [9.17, 15) is 9.59 Å². The zero-order valence-corrected chi connectivity index (χ0v) is 15.2. The van der Waals surface area contributed by atoms with Crippen LogP contribution < -0.4 is 16.9 Å². The highest BCUT2D eigenvalue weighted by atomic mass is 16.1. The third-order valence-corrected chi connectivity index (χ3v) is 5.10. The summed E-state index contributed by atoms with van der Waals surface area (Å²) >= 11 is 0. The van der Waals surface area contributed by atoms with Crippen LogP contribution in [0.25, 0.3) is 32.8 Å². The predicted octanol–water partition coefficient (Wildman–Crippen LogP) is 2.80. The fraction of sp³-hybridized carbons (Fsp3) is 0.190. The Morgan fingerprint density at radius 2 is 1.78 bits per heavy atom. The van der Waals surface area contributed by atoms with Gasteiger partial charge in [-0.25, -0.2) is 0 Å². The van der Waals surface area contributed by atoms with E-state index < -0.39 is 0 Å². The molecular formula is C21H20N4O2. The smallest absolute Gasteiger partial charge is 0.256 e. The Morgan fingerprint density at radius 1 is 1.04 bits per heavy atom. The molecule has 27 heavy (non-hydrogen) atoms. The van der Waals surface area contributed by atoms with Crippen LogP contribution in [0.5, 0.6) is 0 Å². The lowest BCUT2D eigenvalue weighted by molar-refractivity contribution is 0.774. The number of aryl methyl sites for hydroxylation is 1. The molecule has 6 nitrogen and oxygen atoms in total. The standard InChI is InChI=1S/C21H20N4O2/c1-11(9-22)13-3-5-14(6-4-13)17-18-16-10-23-8-7-15(16)20(26)25-19(18)12(2)24-21(17)27/h3-8,10-11H,9,22H2,1-2H3,(H,24,27)(H,25,26). The van der Waals surface area contributed by atoms with Crippen molar-refractivity contribution in [1.29, 1.82) is 0 Å². The van der Waals surface area contributed by atoms with E-state index in [-0.39, 0.29) is 17.0 Å². The van der Waals surface area contributed by atoms with Gasteiger partial charge in [0.2, 0.25) is 0 Å². The van der Waals surface area contributed by atoms with Crippen LogP contribution in [0.15, 0.2) is 52.3 Å². The molecule has 0 bridgehead atoms. The van der Waals surface area contributed by atoms with E-state index in [1.54, 1.807) is 25.4 Å². The minimum absolute atomic E-state index is 0.197. The van der Waals surface area contributed by atoms with Crippen molar-refractivity contribution in [3.63, 3.8) is 0 Å². The number of aromatic nitrogens is 3. The molecule has 0 radical (unpaired) electrons. The minimum atomic E-state index is -0.201. The van der Waals surface area contributed by atoms with Gasteiger partial charge >= 0.3 is 0 Å². The first-order valence-corrected chi connectivity index (χ1v) is 8.84. The highest BCUT2D eigenvalue weighted by molar-refractivity contribution is 6.12. The SMILES string of the molecule is Cc1[nH]c(=O)c(-c2ccc(C(C)CN)cc2)c2c1[nH]c(=O)c1ccncc12. The van der Waals surface area contributed by atoms with Crippen LogP contribution in [-0.2, 0) is 0 Å². The number of nitrogens with two attached hydrogens (primary N) is 1. The zero-order valence-electron chi connectivity index (χ0n) is 15.2. The van der Waals surface area contributed by atoms with Gasteiger partial charge in [-0.3, -0.25) is 14.6 Å². The molecule has 0 aliphatic carbocycles. The van der Waals surface area contributed by atoms with Gasteiger partial charge in [-0.15, -0.1) is 0 Å². The zero-order chi connectivity index (χ0) is 19.1. The average Bonchev–Trinajstić information content (AvgIpc) is 2.69. The Kier molecular flexibility index (Phi) is 4.12. The lowest BCUT2D eigenvalue weighted by Crippen LogP contribution is -2.16. The van der Waals surface area contributed by atoms with Gasteiger partial charge < -0.3 is 15.7 Å². The van der Waals surface area contributed by atoms with E-state index in [2.05, 4.69) is 21.9 Å². The van der Waals surface area contributed by atoms with E-state index in [0.717, 1.165) is 11.1 Å². The number of H-pyrrole nitrogens is 2. The van der Waals surface area contributed by atoms with Crippen LogP contribution in [0.4, 0.5) is 0 Å². The van der Waals surface area contributed by atoms with Gasteiger partial charge in [-0.2, -0.15) is 0 Å². The minimum Gasteiger partial charge on any atom is -0.330 e. The molecule has 4 rings (SSSR count). The summed E-state index contributed by atoms with van der Waals surface area (Å²) in [6.45, 7) is 4.40. The van der Waals surface area contributed by atoms with Crippen molar-refractivity contribution < 1.29 is 0 Å². The van der Waals surface area contributed by atoms with Crippen molar-refractivity contribution in [3.8, 4) is 11.1 Å². The molecule has 136 valence electrons. The van der Waals surface area contributed by atoms with E-state index in [1.165, 1.54) is 0 Å². The van der Waals surface area contributed by atoms with Crippen LogP contribution in [0, 0.1) is 6.92 Å². The maximum Gasteiger partial charge on any atom is 0.256 e.